The van der Waals surface area contributed by atoms with E-state index in [1.165, 1.54) is 17.3 Å². The molecule has 0 aliphatic carbocycles. The lowest BCUT2D eigenvalue weighted by Crippen LogP contribution is -2.15. The van der Waals surface area contributed by atoms with E-state index in [4.69, 9.17) is 0 Å². The molecule has 0 atom stereocenters. The van der Waals surface area contributed by atoms with Gasteiger partial charge in [-0.05, 0) is 47.4 Å². The van der Waals surface area contributed by atoms with Gasteiger partial charge < -0.3 is 5.32 Å². The van der Waals surface area contributed by atoms with Crippen LogP contribution in [0.25, 0.3) is 17.1 Å². The highest BCUT2D eigenvalue weighted by Crippen LogP contribution is 2.28. The van der Waals surface area contributed by atoms with Crippen LogP contribution in [-0.2, 0) is 10.2 Å². The summed E-state index contributed by atoms with van der Waals surface area (Å²) in [6.07, 6.45) is 3.45. The van der Waals surface area contributed by atoms with E-state index in [9.17, 15) is 4.79 Å². The van der Waals surface area contributed by atoms with Gasteiger partial charge in [-0.2, -0.15) is 0 Å². The minimum Gasteiger partial charge on any atom is -0.325 e. The second-order valence-electron chi connectivity index (χ2n) is 8.38. The maximum atomic E-state index is 12.6. The van der Waals surface area contributed by atoms with E-state index in [1.807, 2.05) is 59.2 Å². The summed E-state index contributed by atoms with van der Waals surface area (Å²) in [6.45, 7) is 6.50. The molecule has 0 saturated carbocycles. The summed E-state index contributed by atoms with van der Waals surface area (Å²) < 4.78 is 1.96. The summed E-state index contributed by atoms with van der Waals surface area (Å²) >= 11 is 1.35. The average Bonchev–Trinajstić information content (AvgIpc) is 3.23. The van der Waals surface area contributed by atoms with Crippen LogP contribution in [0.15, 0.2) is 84.3 Å². The maximum Gasteiger partial charge on any atom is 0.234 e. The third-order valence-electron chi connectivity index (χ3n) is 4.95. The number of rotatable bonds is 6. The van der Waals surface area contributed by atoms with Crippen LogP contribution < -0.4 is 5.32 Å². The number of thioether (sulfide) groups is 1. The normalized spacial score (nSPS) is 11.3. The third kappa shape index (κ3) is 5.06. The Morgan fingerprint density at radius 2 is 1.62 bits per heavy atom. The Balaban J connectivity index is 1.51. The maximum absolute atomic E-state index is 12.6. The van der Waals surface area contributed by atoms with Crippen molar-refractivity contribution in [3.63, 3.8) is 0 Å². The largest absolute Gasteiger partial charge is 0.325 e. The molecule has 0 saturated heterocycles. The smallest absolute Gasteiger partial charge is 0.234 e. The fraction of sp³-hybridized carbons (Fsp3) is 0.200. The molecule has 0 radical (unpaired) electrons. The topological polar surface area (TPSA) is 72.7 Å². The number of pyridine rings is 1. The molecule has 0 unspecified atom stereocenters. The predicted molar refractivity (Wildman–Crippen MR) is 129 cm³/mol. The summed E-state index contributed by atoms with van der Waals surface area (Å²) in [6, 6.07) is 21.7. The van der Waals surface area contributed by atoms with E-state index in [-0.39, 0.29) is 17.1 Å². The molecule has 0 fully saturated rings. The highest BCUT2D eigenvalue weighted by molar-refractivity contribution is 7.99. The molecule has 1 N–H and O–H groups in total. The van der Waals surface area contributed by atoms with Gasteiger partial charge in [0.15, 0.2) is 11.0 Å². The SMILES string of the molecule is CC(C)(C)c1ccc(NC(=O)CSc2nnc(-c3ccncc3)n2-c2ccccc2)cc1. The van der Waals surface area contributed by atoms with Crippen molar-refractivity contribution in [1.82, 2.24) is 19.7 Å². The molecule has 2 aromatic carbocycles. The van der Waals surface area contributed by atoms with Crippen molar-refractivity contribution in [2.75, 3.05) is 11.1 Å². The third-order valence-corrected chi connectivity index (χ3v) is 5.88. The minimum absolute atomic E-state index is 0.0758. The summed E-state index contributed by atoms with van der Waals surface area (Å²) in [5, 5.41) is 12.4. The molecule has 0 aliphatic heterocycles. The number of hydrogen-bond acceptors (Lipinski definition) is 5. The second kappa shape index (κ2) is 9.36. The van der Waals surface area contributed by atoms with Crippen molar-refractivity contribution in [3.05, 3.63) is 84.7 Å². The molecular weight excluding hydrogens is 418 g/mol. The number of amides is 1. The molecule has 1 amide bonds. The Hall–Kier alpha value is -3.45. The lowest BCUT2D eigenvalue weighted by molar-refractivity contribution is -0.113. The van der Waals surface area contributed by atoms with E-state index in [0.717, 1.165) is 16.9 Å². The zero-order valence-electron chi connectivity index (χ0n) is 18.3. The molecule has 2 aromatic heterocycles. The Bertz CT molecular complexity index is 1180. The minimum atomic E-state index is -0.0911. The zero-order valence-corrected chi connectivity index (χ0v) is 19.1. The first-order valence-electron chi connectivity index (χ1n) is 10.4. The molecule has 4 aromatic rings. The first-order valence-corrected chi connectivity index (χ1v) is 11.3. The van der Waals surface area contributed by atoms with Crippen LogP contribution in [0.2, 0.25) is 0 Å². The first kappa shape index (κ1) is 21.8. The highest BCUT2D eigenvalue weighted by atomic mass is 32.2. The van der Waals surface area contributed by atoms with E-state index in [0.29, 0.717) is 11.0 Å². The number of benzene rings is 2. The summed E-state index contributed by atoms with van der Waals surface area (Å²) in [5.41, 5.74) is 3.93. The first-order chi connectivity index (χ1) is 15.4. The van der Waals surface area contributed by atoms with Crippen LogP contribution in [0.1, 0.15) is 26.3 Å². The molecule has 6 nitrogen and oxygen atoms in total. The van der Waals surface area contributed by atoms with E-state index in [2.05, 4.69) is 53.4 Å². The average molecular weight is 444 g/mol. The highest BCUT2D eigenvalue weighted by Gasteiger charge is 2.17. The van der Waals surface area contributed by atoms with E-state index in [1.54, 1.807) is 12.4 Å². The van der Waals surface area contributed by atoms with Crippen LogP contribution in [0, 0.1) is 0 Å². The molecule has 32 heavy (non-hydrogen) atoms. The number of nitrogens with one attached hydrogen (secondary N) is 1. The van der Waals surface area contributed by atoms with E-state index >= 15 is 0 Å². The van der Waals surface area contributed by atoms with Gasteiger partial charge in [-0.3, -0.25) is 14.3 Å². The van der Waals surface area contributed by atoms with Gasteiger partial charge in [0.25, 0.3) is 0 Å². The Morgan fingerprint density at radius 3 is 2.28 bits per heavy atom. The van der Waals surface area contributed by atoms with Crippen molar-refractivity contribution in [2.24, 2.45) is 0 Å². The van der Waals surface area contributed by atoms with Gasteiger partial charge in [0.2, 0.25) is 5.91 Å². The van der Waals surface area contributed by atoms with Crippen molar-refractivity contribution in [3.8, 4) is 17.1 Å². The fourth-order valence-electron chi connectivity index (χ4n) is 3.24. The number of aromatic nitrogens is 4. The molecule has 4 rings (SSSR count). The number of anilines is 1. The summed E-state index contributed by atoms with van der Waals surface area (Å²) in [5.74, 6) is 0.841. The van der Waals surface area contributed by atoms with Gasteiger partial charge in [-0.1, -0.05) is 62.9 Å². The molecule has 0 bridgehead atoms. The molecular formula is C25H25N5OS. The second-order valence-corrected chi connectivity index (χ2v) is 9.32. The quantitative estimate of drug-likeness (QED) is 0.406. The molecule has 7 heteroatoms. The van der Waals surface area contributed by atoms with Crippen LogP contribution in [0.4, 0.5) is 5.69 Å². The molecule has 162 valence electrons. The summed E-state index contributed by atoms with van der Waals surface area (Å²) in [7, 11) is 0. The number of carbonyl (C=O) groups is 1. The van der Waals surface area contributed by atoms with Crippen LogP contribution in [0.5, 0.6) is 0 Å². The molecule has 2 heterocycles. The zero-order chi connectivity index (χ0) is 22.6. The molecule has 0 aliphatic rings. The number of para-hydroxylation sites is 1. The van der Waals surface area contributed by atoms with Gasteiger partial charge in [0.1, 0.15) is 0 Å². The van der Waals surface area contributed by atoms with Crippen molar-refractivity contribution >= 4 is 23.4 Å². The summed E-state index contributed by atoms with van der Waals surface area (Å²) in [4.78, 5) is 16.7. The van der Waals surface area contributed by atoms with Crippen LogP contribution in [-0.4, -0.2) is 31.4 Å². The van der Waals surface area contributed by atoms with Crippen molar-refractivity contribution in [1.29, 1.82) is 0 Å². The van der Waals surface area contributed by atoms with Crippen LogP contribution >= 0.6 is 11.8 Å². The lowest BCUT2D eigenvalue weighted by atomic mass is 9.87. The van der Waals surface area contributed by atoms with Gasteiger partial charge in [-0.25, -0.2) is 0 Å². The van der Waals surface area contributed by atoms with E-state index < -0.39 is 0 Å². The fourth-order valence-corrected chi connectivity index (χ4v) is 3.99. The number of hydrogen-bond donors (Lipinski definition) is 1. The predicted octanol–water partition coefficient (Wildman–Crippen LogP) is 5.36. The lowest BCUT2D eigenvalue weighted by Gasteiger charge is -2.19. The Morgan fingerprint density at radius 1 is 0.938 bits per heavy atom. The monoisotopic (exact) mass is 443 g/mol. The van der Waals surface area contributed by atoms with Gasteiger partial charge in [-0.15, -0.1) is 10.2 Å². The Kier molecular flexibility index (Phi) is 6.37. The number of carbonyl (C=O) groups excluding carboxylic acids is 1. The Labute approximate surface area is 192 Å². The van der Waals surface area contributed by atoms with Crippen molar-refractivity contribution in [2.45, 2.75) is 31.3 Å². The van der Waals surface area contributed by atoms with Gasteiger partial charge in [0, 0.05) is 29.3 Å². The van der Waals surface area contributed by atoms with Gasteiger partial charge >= 0.3 is 0 Å². The van der Waals surface area contributed by atoms with Crippen LogP contribution in [0.3, 0.4) is 0 Å². The molecule has 0 spiro atoms. The number of nitrogens with zero attached hydrogens (tertiary/aromatic N) is 4. The standard InChI is InChI=1S/C25H25N5OS/c1-25(2,3)19-9-11-20(12-10-19)27-22(31)17-32-24-29-28-23(18-13-15-26-16-14-18)30(24)21-7-5-4-6-8-21/h4-16H,17H2,1-3H3,(H,27,31). The van der Waals surface area contributed by atoms with Gasteiger partial charge in [0.05, 0.1) is 5.75 Å². The van der Waals surface area contributed by atoms with Crippen molar-refractivity contribution < 1.29 is 4.79 Å².